The first-order valence-corrected chi connectivity index (χ1v) is 9.66. The maximum Gasteiger partial charge on any atom is 0.238 e. The van der Waals surface area contributed by atoms with E-state index in [0.29, 0.717) is 19.8 Å². The van der Waals surface area contributed by atoms with E-state index in [9.17, 15) is 0 Å². The zero-order valence-electron chi connectivity index (χ0n) is 15.1. The van der Waals surface area contributed by atoms with Gasteiger partial charge in [-0.1, -0.05) is 6.92 Å². The third-order valence-corrected chi connectivity index (χ3v) is 4.95. The number of rotatable bonds is 10. The molecule has 1 rings (SSSR count). The van der Waals surface area contributed by atoms with E-state index < -0.39 is 8.38 Å². The van der Waals surface area contributed by atoms with Crippen molar-refractivity contribution in [3.05, 3.63) is 11.4 Å². The van der Waals surface area contributed by atoms with Crippen LogP contribution in [0.2, 0.25) is 0 Å². The van der Waals surface area contributed by atoms with Crippen LogP contribution in [0.1, 0.15) is 27.2 Å². The number of ether oxygens (including phenoxy) is 3. The minimum absolute atomic E-state index is 0.00457. The van der Waals surface area contributed by atoms with Crippen molar-refractivity contribution in [1.82, 2.24) is 0 Å². The first kappa shape index (κ1) is 20.8. The van der Waals surface area contributed by atoms with E-state index in [-0.39, 0.29) is 29.9 Å². The molecular formula is C15H29BNO5P. The highest BCUT2D eigenvalue weighted by molar-refractivity contribution is 7.46. The van der Waals surface area contributed by atoms with Crippen LogP contribution in [0.4, 0.5) is 0 Å². The van der Waals surface area contributed by atoms with E-state index in [1.807, 2.05) is 28.4 Å². The lowest BCUT2D eigenvalue weighted by Gasteiger charge is -2.30. The van der Waals surface area contributed by atoms with Gasteiger partial charge >= 0.3 is 0 Å². The van der Waals surface area contributed by atoms with Crippen molar-refractivity contribution in [2.75, 3.05) is 33.5 Å². The van der Waals surface area contributed by atoms with Crippen LogP contribution in [0.3, 0.4) is 0 Å². The number of hydrogen-bond acceptors (Lipinski definition) is 5. The van der Waals surface area contributed by atoms with Crippen molar-refractivity contribution >= 4 is 16.2 Å². The van der Waals surface area contributed by atoms with Gasteiger partial charge in [-0.05, 0) is 20.3 Å². The quantitative estimate of drug-likeness (QED) is 0.262. The Hall–Kier alpha value is -0.215. The number of nitrogens with zero attached hydrogens (tertiary/aromatic N) is 1. The van der Waals surface area contributed by atoms with Crippen molar-refractivity contribution in [2.24, 2.45) is 0 Å². The minimum atomic E-state index is -1.06. The Morgan fingerprint density at radius 2 is 2.04 bits per heavy atom. The van der Waals surface area contributed by atoms with Crippen LogP contribution in [0.25, 0.3) is 4.85 Å². The number of hydrogen-bond donors (Lipinski definition) is 0. The molecule has 0 amide bonds. The van der Waals surface area contributed by atoms with Gasteiger partial charge in [0.2, 0.25) is 6.54 Å². The van der Waals surface area contributed by atoms with Crippen LogP contribution in [0.5, 0.6) is 0 Å². The van der Waals surface area contributed by atoms with Gasteiger partial charge in [0.1, 0.15) is 26.7 Å². The highest BCUT2D eigenvalue weighted by Crippen LogP contribution is 2.41. The summed E-state index contributed by atoms with van der Waals surface area (Å²) in [6.45, 7) is 16.0. The molecule has 0 aliphatic carbocycles. The van der Waals surface area contributed by atoms with Crippen LogP contribution in [0, 0.1) is 6.57 Å². The minimum Gasteiger partial charge on any atom is -0.378 e. The maximum atomic E-state index is 6.78. The molecule has 0 saturated carbocycles. The molecule has 0 N–H and O–H groups in total. The zero-order chi connectivity index (χ0) is 17.5. The molecule has 1 aliphatic heterocycles. The predicted octanol–water partition coefficient (Wildman–Crippen LogP) is 1.83. The molecule has 0 spiro atoms. The summed E-state index contributed by atoms with van der Waals surface area (Å²) >= 11 is 0. The van der Waals surface area contributed by atoms with Crippen LogP contribution in [0.15, 0.2) is 0 Å². The Kier molecular flexibility index (Phi) is 8.99. The van der Waals surface area contributed by atoms with E-state index >= 15 is 0 Å². The lowest BCUT2D eigenvalue weighted by atomic mass is 9.92. The van der Waals surface area contributed by atoms with Crippen LogP contribution < -0.4 is 0 Å². The van der Waals surface area contributed by atoms with Crippen molar-refractivity contribution in [3.8, 4) is 0 Å². The van der Waals surface area contributed by atoms with Gasteiger partial charge in [0.15, 0.2) is 8.38 Å². The van der Waals surface area contributed by atoms with Crippen molar-refractivity contribution in [2.45, 2.75) is 57.1 Å². The molecule has 0 aromatic heterocycles. The van der Waals surface area contributed by atoms with Crippen molar-refractivity contribution < 1.29 is 23.3 Å². The molecule has 1 fully saturated rings. The Morgan fingerprint density at radius 3 is 2.61 bits per heavy atom. The van der Waals surface area contributed by atoms with E-state index in [1.165, 1.54) is 0 Å². The standard InChI is InChI=1S/C15H29BNO5P/c1-7-11-12(22-23(6)20-9-8-17-4)13(14(16)21-11)19-10-15(2,3)18-5/h11-14H,7-10,16H2,1-3,5-6H3/t11-,12?,13+,14-,23?/m1/s1. The fourth-order valence-electron chi connectivity index (χ4n) is 2.37. The third-order valence-electron chi connectivity index (χ3n) is 3.87. The fraction of sp³-hybridized carbons (Fsp3) is 0.933. The Labute approximate surface area is 142 Å². The van der Waals surface area contributed by atoms with Crippen molar-refractivity contribution in [1.29, 1.82) is 0 Å². The van der Waals surface area contributed by atoms with Crippen LogP contribution in [-0.4, -0.2) is 71.3 Å². The molecule has 132 valence electrons. The fourth-order valence-corrected chi connectivity index (χ4v) is 3.37. The monoisotopic (exact) mass is 345 g/mol. The molecule has 0 aromatic rings. The average Bonchev–Trinajstić information content (AvgIpc) is 2.81. The molecule has 1 aliphatic rings. The van der Waals surface area contributed by atoms with E-state index in [4.69, 9.17) is 29.8 Å². The third kappa shape index (κ3) is 6.66. The summed E-state index contributed by atoms with van der Waals surface area (Å²) in [6.07, 6.45) is 0.541. The largest absolute Gasteiger partial charge is 0.378 e. The molecular weight excluding hydrogens is 316 g/mol. The smallest absolute Gasteiger partial charge is 0.238 e. The Morgan fingerprint density at radius 1 is 1.35 bits per heavy atom. The molecule has 1 saturated heterocycles. The number of methoxy groups -OCH3 is 1. The topological polar surface area (TPSA) is 50.5 Å². The Bertz CT molecular complexity index is 393. The van der Waals surface area contributed by atoms with E-state index in [0.717, 1.165) is 6.42 Å². The summed E-state index contributed by atoms with van der Waals surface area (Å²) in [6, 6.07) is -0.0377. The molecule has 0 aromatic carbocycles. The summed E-state index contributed by atoms with van der Waals surface area (Å²) in [5.74, 6) is 0. The predicted molar refractivity (Wildman–Crippen MR) is 93.5 cm³/mol. The summed E-state index contributed by atoms with van der Waals surface area (Å²) in [5.41, 5.74) is -0.350. The first-order chi connectivity index (χ1) is 10.8. The van der Waals surface area contributed by atoms with Gasteiger partial charge in [0, 0.05) is 13.8 Å². The van der Waals surface area contributed by atoms with Crippen LogP contribution in [-0.2, 0) is 23.3 Å². The zero-order valence-corrected chi connectivity index (χ0v) is 16.0. The van der Waals surface area contributed by atoms with Gasteiger partial charge in [0.05, 0.1) is 24.3 Å². The first-order valence-electron chi connectivity index (χ1n) is 8.03. The normalized spacial score (nSPS) is 29.4. The van der Waals surface area contributed by atoms with Gasteiger partial charge in [0.25, 0.3) is 0 Å². The highest BCUT2D eigenvalue weighted by Gasteiger charge is 2.44. The SMILES string of the molecule is B[C@@H]1O[C@H](CC)C(OP(C)OCC[N+]#[C-])[C@@H]1OCC(C)(C)OC. The summed E-state index contributed by atoms with van der Waals surface area (Å²) < 4.78 is 29.1. The van der Waals surface area contributed by atoms with E-state index in [2.05, 4.69) is 11.8 Å². The molecule has 6 nitrogen and oxygen atoms in total. The van der Waals surface area contributed by atoms with Gasteiger partial charge < -0.3 is 28.1 Å². The van der Waals surface area contributed by atoms with Crippen LogP contribution >= 0.6 is 8.38 Å². The molecule has 0 radical (unpaired) electrons. The van der Waals surface area contributed by atoms with Gasteiger partial charge in [-0.25, -0.2) is 6.57 Å². The molecule has 8 heteroatoms. The molecule has 2 unspecified atom stereocenters. The maximum absolute atomic E-state index is 6.78. The summed E-state index contributed by atoms with van der Waals surface area (Å²) in [5, 5.41) is 0. The van der Waals surface area contributed by atoms with Gasteiger partial charge in [-0.3, -0.25) is 0 Å². The Balaban J connectivity index is 2.63. The molecule has 5 atom stereocenters. The summed E-state index contributed by atoms with van der Waals surface area (Å²) in [4.78, 5) is 3.28. The molecule has 23 heavy (non-hydrogen) atoms. The molecule has 0 bridgehead atoms. The second-order valence-electron chi connectivity index (χ2n) is 6.25. The van der Waals surface area contributed by atoms with Crippen molar-refractivity contribution in [3.63, 3.8) is 0 Å². The average molecular weight is 345 g/mol. The van der Waals surface area contributed by atoms with E-state index in [1.54, 1.807) is 7.11 Å². The summed E-state index contributed by atoms with van der Waals surface area (Å²) in [7, 11) is 2.63. The second-order valence-corrected chi connectivity index (χ2v) is 7.60. The lowest BCUT2D eigenvalue weighted by Crippen LogP contribution is -2.41. The lowest BCUT2D eigenvalue weighted by molar-refractivity contribution is -0.0947. The van der Waals surface area contributed by atoms with Gasteiger partial charge in [-0.2, -0.15) is 0 Å². The highest BCUT2D eigenvalue weighted by atomic mass is 31.2. The van der Waals surface area contributed by atoms with Gasteiger partial charge in [-0.15, -0.1) is 0 Å². The molecule has 1 heterocycles. The second kappa shape index (κ2) is 9.93.